The van der Waals surface area contributed by atoms with Crippen LogP contribution in [0.2, 0.25) is 0 Å². The van der Waals surface area contributed by atoms with Gasteiger partial charge in [-0.1, -0.05) is 0 Å². The lowest BCUT2D eigenvalue weighted by atomic mass is 10.2. The van der Waals surface area contributed by atoms with E-state index in [1.165, 1.54) is 18.5 Å². The summed E-state index contributed by atoms with van der Waals surface area (Å²) < 4.78 is 5.75. The van der Waals surface area contributed by atoms with Crippen LogP contribution in [-0.4, -0.2) is 24.8 Å². The molecule has 0 amide bonds. The lowest BCUT2D eigenvalue weighted by Crippen LogP contribution is -1.99. The Kier molecular flexibility index (Phi) is 2.45. The third kappa shape index (κ3) is 1.62. The van der Waals surface area contributed by atoms with E-state index in [1.54, 1.807) is 16.9 Å². The molecule has 5 nitrogen and oxygen atoms in total. The van der Waals surface area contributed by atoms with Crippen molar-refractivity contribution in [2.24, 2.45) is 0 Å². The zero-order valence-electron chi connectivity index (χ0n) is 9.91. The van der Waals surface area contributed by atoms with E-state index in [9.17, 15) is 4.79 Å². The quantitative estimate of drug-likeness (QED) is 0.662. The Balaban J connectivity index is 2.31. The molecule has 0 unspecified atom stereocenters. The predicted octanol–water partition coefficient (Wildman–Crippen LogP) is 2.36. The molecule has 3 heterocycles. The van der Waals surface area contributed by atoms with Crippen molar-refractivity contribution >= 4 is 23.0 Å². The topological polar surface area (TPSA) is 60.2 Å². The van der Waals surface area contributed by atoms with Gasteiger partial charge in [-0.3, -0.25) is 4.79 Å². The van der Waals surface area contributed by atoms with Gasteiger partial charge in [0.15, 0.2) is 11.4 Å². The lowest BCUT2D eigenvalue weighted by Gasteiger charge is -2.03. The molecule has 0 spiro atoms. The van der Waals surface area contributed by atoms with Crippen LogP contribution in [0.3, 0.4) is 0 Å². The molecular formula is C12H10N4OS. The maximum atomic E-state index is 11.5. The van der Waals surface area contributed by atoms with Crippen LogP contribution < -0.4 is 0 Å². The number of aromatic nitrogens is 4. The van der Waals surface area contributed by atoms with Crippen molar-refractivity contribution < 1.29 is 4.79 Å². The standard InChI is InChI=1S/C12H10N4OS/c1-7-5-10(11-3-4-14-18-11)15-12-9(8(2)17)6-13-16(7)12/h3-6H,1-2H3. The van der Waals surface area contributed by atoms with Crippen LogP contribution in [0.15, 0.2) is 24.5 Å². The fraction of sp³-hybridized carbons (Fsp3) is 0.167. The fourth-order valence-corrected chi connectivity index (χ4v) is 2.39. The summed E-state index contributed by atoms with van der Waals surface area (Å²) in [4.78, 5) is 17.0. The zero-order chi connectivity index (χ0) is 12.7. The maximum absolute atomic E-state index is 11.5. The second kappa shape index (κ2) is 3.99. The number of hydrogen-bond donors (Lipinski definition) is 0. The summed E-state index contributed by atoms with van der Waals surface area (Å²) in [5.41, 5.74) is 2.91. The number of ketones is 1. The first kappa shape index (κ1) is 11.0. The molecule has 0 aliphatic heterocycles. The number of nitrogens with zero attached hydrogens (tertiary/aromatic N) is 4. The number of carbonyl (C=O) groups is 1. The molecule has 0 aromatic carbocycles. The van der Waals surface area contributed by atoms with Crippen LogP contribution in [0.5, 0.6) is 0 Å². The van der Waals surface area contributed by atoms with Gasteiger partial charge in [0.2, 0.25) is 0 Å². The third-order valence-electron chi connectivity index (χ3n) is 2.72. The van der Waals surface area contributed by atoms with Gasteiger partial charge in [-0.2, -0.15) is 5.10 Å². The molecule has 0 saturated carbocycles. The molecule has 0 aliphatic rings. The van der Waals surface area contributed by atoms with Gasteiger partial charge in [0.25, 0.3) is 0 Å². The first-order valence-corrected chi connectivity index (χ1v) is 6.21. The van der Waals surface area contributed by atoms with Crippen LogP contribution in [0, 0.1) is 6.92 Å². The first-order valence-electron chi connectivity index (χ1n) is 5.44. The Morgan fingerprint density at radius 1 is 1.44 bits per heavy atom. The predicted molar refractivity (Wildman–Crippen MR) is 68.8 cm³/mol. The van der Waals surface area contributed by atoms with Gasteiger partial charge in [0, 0.05) is 11.9 Å². The first-order chi connectivity index (χ1) is 8.66. The van der Waals surface area contributed by atoms with E-state index >= 15 is 0 Å². The van der Waals surface area contributed by atoms with Crippen LogP contribution in [0.1, 0.15) is 23.0 Å². The summed E-state index contributed by atoms with van der Waals surface area (Å²) >= 11 is 1.38. The number of hydrogen-bond acceptors (Lipinski definition) is 5. The minimum atomic E-state index is -0.0293. The van der Waals surface area contributed by atoms with Gasteiger partial charge >= 0.3 is 0 Å². The summed E-state index contributed by atoms with van der Waals surface area (Å²) in [6.07, 6.45) is 3.30. The van der Waals surface area contributed by atoms with Crippen molar-refractivity contribution in [3.05, 3.63) is 35.8 Å². The van der Waals surface area contributed by atoms with Gasteiger partial charge in [-0.15, -0.1) is 0 Å². The Morgan fingerprint density at radius 3 is 2.94 bits per heavy atom. The average Bonchev–Trinajstić information content (AvgIpc) is 2.97. The van der Waals surface area contributed by atoms with E-state index in [0.29, 0.717) is 11.2 Å². The number of aryl methyl sites for hydroxylation is 1. The molecule has 6 heteroatoms. The van der Waals surface area contributed by atoms with Gasteiger partial charge in [0.1, 0.15) is 0 Å². The normalized spacial score (nSPS) is 11.0. The lowest BCUT2D eigenvalue weighted by molar-refractivity contribution is 0.101. The zero-order valence-corrected chi connectivity index (χ0v) is 10.7. The van der Waals surface area contributed by atoms with Crippen LogP contribution in [0.25, 0.3) is 16.2 Å². The Labute approximate surface area is 107 Å². The van der Waals surface area contributed by atoms with Crippen LogP contribution in [-0.2, 0) is 0 Å². The largest absolute Gasteiger partial charge is 0.294 e. The highest BCUT2D eigenvalue weighted by Gasteiger charge is 2.13. The van der Waals surface area contributed by atoms with Crippen LogP contribution in [0.4, 0.5) is 0 Å². The van der Waals surface area contributed by atoms with Crippen LogP contribution >= 0.6 is 11.5 Å². The van der Waals surface area contributed by atoms with E-state index in [0.717, 1.165) is 16.3 Å². The molecule has 3 aromatic rings. The molecule has 0 N–H and O–H groups in total. The SMILES string of the molecule is CC(=O)c1cnn2c(C)cc(-c3ccns3)nc12. The molecular weight excluding hydrogens is 248 g/mol. The highest BCUT2D eigenvalue weighted by Crippen LogP contribution is 2.23. The summed E-state index contributed by atoms with van der Waals surface area (Å²) in [6, 6.07) is 3.85. The number of rotatable bonds is 2. The van der Waals surface area contributed by atoms with Gasteiger partial charge in [-0.05, 0) is 37.5 Å². The summed E-state index contributed by atoms with van der Waals surface area (Å²) in [7, 11) is 0. The van der Waals surface area contributed by atoms with Crippen molar-refractivity contribution in [2.75, 3.05) is 0 Å². The van der Waals surface area contributed by atoms with E-state index in [-0.39, 0.29) is 5.78 Å². The van der Waals surface area contributed by atoms with Crippen molar-refractivity contribution in [1.29, 1.82) is 0 Å². The van der Waals surface area contributed by atoms with E-state index in [4.69, 9.17) is 0 Å². The Hall–Kier alpha value is -2.08. The Morgan fingerprint density at radius 2 is 2.28 bits per heavy atom. The van der Waals surface area contributed by atoms with Gasteiger partial charge in [-0.25, -0.2) is 13.9 Å². The molecule has 90 valence electrons. The number of fused-ring (bicyclic) bond motifs is 1. The van der Waals surface area contributed by atoms with Crippen molar-refractivity contribution in [3.63, 3.8) is 0 Å². The van der Waals surface area contributed by atoms with Crippen molar-refractivity contribution in [1.82, 2.24) is 19.0 Å². The van der Waals surface area contributed by atoms with Crippen molar-refractivity contribution in [3.8, 4) is 10.6 Å². The van der Waals surface area contributed by atoms with E-state index in [2.05, 4.69) is 14.5 Å². The second-order valence-corrected chi connectivity index (χ2v) is 4.84. The summed E-state index contributed by atoms with van der Waals surface area (Å²) in [5.74, 6) is -0.0293. The molecule has 0 aliphatic carbocycles. The number of Topliss-reactive ketones (excluding diaryl/α,β-unsaturated/α-hetero) is 1. The van der Waals surface area contributed by atoms with E-state index < -0.39 is 0 Å². The molecule has 0 bridgehead atoms. The van der Waals surface area contributed by atoms with Crippen molar-refractivity contribution in [2.45, 2.75) is 13.8 Å². The summed E-state index contributed by atoms with van der Waals surface area (Å²) in [6.45, 7) is 3.46. The summed E-state index contributed by atoms with van der Waals surface area (Å²) in [5, 5.41) is 4.18. The molecule has 0 radical (unpaired) electrons. The molecule has 0 fully saturated rings. The molecule has 3 rings (SSSR count). The molecule has 18 heavy (non-hydrogen) atoms. The minimum absolute atomic E-state index is 0.0293. The fourth-order valence-electron chi connectivity index (χ4n) is 1.84. The minimum Gasteiger partial charge on any atom is -0.294 e. The molecule has 0 atom stereocenters. The molecule has 3 aromatic heterocycles. The highest BCUT2D eigenvalue weighted by molar-refractivity contribution is 7.09. The maximum Gasteiger partial charge on any atom is 0.166 e. The average molecular weight is 258 g/mol. The third-order valence-corrected chi connectivity index (χ3v) is 3.49. The van der Waals surface area contributed by atoms with Gasteiger partial charge < -0.3 is 0 Å². The molecule has 0 saturated heterocycles. The monoisotopic (exact) mass is 258 g/mol. The van der Waals surface area contributed by atoms with E-state index in [1.807, 2.05) is 19.1 Å². The van der Waals surface area contributed by atoms with Gasteiger partial charge in [0.05, 0.1) is 22.3 Å². The smallest absolute Gasteiger partial charge is 0.166 e. The number of carbonyl (C=O) groups excluding carboxylic acids is 1. The Bertz CT molecular complexity index is 730. The highest BCUT2D eigenvalue weighted by atomic mass is 32.1. The second-order valence-electron chi connectivity index (χ2n) is 4.01.